The van der Waals surface area contributed by atoms with Gasteiger partial charge in [-0.25, -0.2) is 0 Å². The van der Waals surface area contributed by atoms with Crippen molar-refractivity contribution < 1.29 is 4.74 Å². The number of fused-ring (bicyclic) bond motifs is 1. The van der Waals surface area contributed by atoms with E-state index in [-0.39, 0.29) is 0 Å². The summed E-state index contributed by atoms with van der Waals surface area (Å²) in [6, 6.07) is 8.66. The number of para-hydroxylation sites is 1. The zero-order chi connectivity index (χ0) is 15.1. The molecule has 0 amide bonds. The lowest BCUT2D eigenvalue weighted by Crippen LogP contribution is -2.33. The van der Waals surface area contributed by atoms with E-state index in [9.17, 15) is 0 Å². The van der Waals surface area contributed by atoms with E-state index < -0.39 is 0 Å². The van der Waals surface area contributed by atoms with Crippen molar-refractivity contribution in [2.75, 3.05) is 6.61 Å². The van der Waals surface area contributed by atoms with Crippen LogP contribution in [0, 0.1) is 0 Å². The van der Waals surface area contributed by atoms with Crippen molar-refractivity contribution in [1.82, 2.24) is 20.1 Å². The first kappa shape index (κ1) is 13.8. The number of benzene rings is 1. The molecule has 1 aliphatic heterocycles. The highest BCUT2D eigenvalue weighted by atomic mass is 16.5. The van der Waals surface area contributed by atoms with Crippen LogP contribution in [0.1, 0.15) is 48.8 Å². The second kappa shape index (κ2) is 5.39. The Balaban J connectivity index is 1.42. The minimum atomic E-state index is 0.338. The summed E-state index contributed by atoms with van der Waals surface area (Å²) in [6.07, 6.45) is 2.51. The van der Waals surface area contributed by atoms with Crippen LogP contribution in [0.3, 0.4) is 0 Å². The maximum absolute atomic E-state index is 5.78. The average molecular weight is 298 g/mol. The highest BCUT2D eigenvalue weighted by molar-refractivity contribution is 5.40. The number of rotatable bonds is 5. The van der Waals surface area contributed by atoms with Crippen molar-refractivity contribution in [2.24, 2.45) is 7.05 Å². The summed E-state index contributed by atoms with van der Waals surface area (Å²) in [5.41, 5.74) is 1.30. The molecule has 0 bridgehead atoms. The summed E-state index contributed by atoms with van der Waals surface area (Å²) in [5, 5.41) is 12.3. The van der Waals surface area contributed by atoms with Crippen LogP contribution in [0.5, 0.6) is 5.75 Å². The SMILES string of the molecule is C[C@H](NCc1nnc(C2CC2)n1C)[C@H]1COc2ccccc21. The Kier molecular flexibility index (Phi) is 3.37. The standard InChI is InChI=1S/C17H22N4O/c1-11(14-10-22-15-6-4-3-5-13(14)15)18-9-16-19-20-17(21(16)2)12-7-8-12/h3-6,11-12,14,18H,7-10H2,1-2H3/t11-,14+/m0/s1. The third-order valence-electron chi connectivity index (χ3n) is 4.86. The smallest absolute Gasteiger partial charge is 0.146 e. The van der Waals surface area contributed by atoms with E-state index in [4.69, 9.17) is 4.74 Å². The molecule has 1 aliphatic carbocycles. The molecule has 2 atom stereocenters. The molecular weight excluding hydrogens is 276 g/mol. The fourth-order valence-electron chi connectivity index (χ4n) is 3.22. The molecule has 2 aromatic rings. The van der Waals surface area contributed by atoms with Gasteiger partial charge in [0.25, 0.3) is 0 Å². The van der Waals surface area contributed by atoms with Gasteiger partial charge in [0.1, 0.15) is 17.4 Å². The van der Waals surface area contributed by atoms with Gasteiger partial charge in [0.05, 0.1) is 13.2 Å². The number of nitrogens with zero attached hydrogens (tertiary/aromatic N) is 3. The fourth-order valence-corrected chi connectivity index (χ4v) is 3.22. The quantitative estimate of drug-likeness (QED) is 0.920. The molecule has 0 unspecified atom stereocenters. The Morgan fingerprint density at radius 3 is 2.95 bits per heavy atom. The highest BCUT2D eigenvalue weighted by Crippen LogP contribution is 2.39. The number of ether oxygens (including phenoxy) is 1. The first-order valence-corrected chi connectivity index (χ1v) is 8.07. The van der Waals surface area contributed by atoms with E-state index in [2.05, 4.69) is 46.2 Å². The van der Waals surface area contributed by atoms with Gasteiger partial charge in [-0.2, -0.15) is 0 Å². The lowest BCUT2D eigenvalue weighted by molar-refractivity contribution is 0.302. The van der Waals surface area contributed by atoms with Gasteiger partial charge >= 0.3 is 0 Å². The van der Waals surface area contributed by atoms with Crippen LogP contribution in [0.15, 0.2) is 24.3 Å². The fraction of sp³-hybridized carbons (Fsp3) is 0.529. The summed E-state index contributed by atoms with van der Waals surface area (Å²) >= 11 is 0. The van der Waals surface area contributed by atoms with Gasteiger partial charge in [-0.15, -0.1) is 10.2 Å². The monoisotopic (exact) mass is 298 g/mol. The molecule has 0 saturated heterocycles. The Bertz CT molecular complexity index is 677. The Morgan fingerprint density at radius 1 is 1.32 bits per heavy atom. The van der Waals surface area contributed by atoms with E-state index in [0.29, 0.717) is 17.9 Å². The van der Waals surface area contributed by atoms with Crippen LogP contribution >= 0.6 is 0 Å². The summed E-state index contributed by atoms with van der Waals surface area (Å²) in [4.78, 5) is 0. The first-order chi connectivity index (χ1) is 10.7. The van der Waals surface area contributed by atoms with Gasteiger partial charge in [0.2, 0.25) is 0 Å². The van der Waals surface area contributed by atoms with Crippen LogP contribution in [-0.2, 0) is 13.6 Å². The lowest BCUT2D eigenvalue weighted by Gasteiger charge is -2.19. The van der Waals surface area contributed by atoms with E-state index in [0.717, 1.165) is 30.5 Å². The normalized spacial score (nSPS) is 21.5. The van der Waals surface area contributed by atoms with Crippen LogP contribution in [0.4, 0.5) is 0 Å². The van der Waals surface area contributed by atoms with Gasteiger partial charge in [0, 0.05) is 30.5 Å². The number of nitrogens with one attached hydrogen (secondary N) is 1. The molecule has 22 heavy (non-hydrogen) atoms. The zero-order valence-corrected chi connectivity index (χ0v) is 13.1. The van der Waals surface area contributed by atoms with E-state index in [1.807, 2.05) is 12.1 Å². The van der Waals surface area contributed by atoms with E-state index in [1.165, 1.54) is 18.4 Å². The molecule has 5 heteroatoms. The molecular formula is C17H22N4O. The number of aromatic nitrogens is 3. The second-order valence-corrected chi connectivity index (χ2v) is 6.43. The van der Waals surface area contributed by atoms with Gasteiger partial charge in [-0.3, -0.25) is 0 Å². The van der Waals surface area contributed by atoms with Crippen LogP contribution in [-0.4, -0.2) is 27.4 Å². The van der Waals surface area contributed by atoms with Crippen molar-refractivity contribution in [2.45, 2.75) is 44.2 Å². The second-order valence-electron chi connectivity index (χ2n) is 6.43. The molecule has 1 saturated carbocycles. The third-order valence-corrected chi connectivity index (χ3v) is 4.86. The minimum Gasteiger partial charge on any atom is -0.493 e. The summed E-state index contributed by atoms with van der Waals surface area (Å²) in [5.74, 6) is 4.21. The van der Waals surface area contributed by atoms with Crippen LogP contribution < -0.4 is 10.1 Å². The van der Waals surface area contributed by atoms with Crippen molar-refractivity contribution in [1.29, 1.82) is 0 Å². The summed E-state index contributed by atoms with van der Waals surface area (Å²) in [7, 11) is 2.07. The third kappa shape index (κ3) is 2.39. The predicted molar refractivity (Wildman–Crippen MR) is 84.0 cm³/mol. The molecule has 4 rings (SSSR count). The molecule has 0 radical (unpaired) electrons. The molecule has 2 aliphatic rings. The number of hydrogen-bond acceptors (Lipinski definition) is 4. The van der Waals surface area contributed by atoms with Crippen molar-refractivity contribution in [3.63, 3.8) is 0 Å². The predicted octanol–water partition coefficient (Wildman–Crippen LogP) is 2.35. The molecule has 1 N–H and O–H groups in total. The highest BCUT2D eigenvalue weighted by Gasteiger charge is 2.30. The Labute approximate surface area is 130 Å². The van der Waals surface area contributed by atoms with Crippen molar-refractivity contribution in [3.05, 3.63) is 41.5 Å². The Hall–Kier alpha value is -1.88. The topological polar surface area (TPSA) is 52.0 Å². The minimum absolute atomic E-state index is 0.338. The maximum atomic E-state index is 5.78. The molecule has 2 heterocycles. The molecule has 1 fully saturated rings. The van der Waals surface area contributed by atoms with Gasteiger partial charge in [-0.05, 0) is 25.8 Å². The number of hydrogen-bond donors (Lipinski definition) is 1. The average Bonchev–Trinajstić information content (AvgIpc) is 3.17. The van der Waals surface area contributed by atoms with Gasteiger partial charge in [-0.1, -0.05) is 18.2 Å². The summed E-state index contributed by atoms with van der Waals surface area (Å²) < 4.78 is 7.93. The van der Waals surface area contributed by atoms with E-state index >= 15 is 0 Å². The lowest BCUT2D eigenvalue weighted by atomic mass is 9.94. The maximum Gasteiger partial charge on any atom is 0.146 e. The first-order valence-electron chi connectivity index (χ1n) is 8.07. The Morgan fingerprint density at radius 2 is 2.14 bits per heavy atom. The molecule has 5 nitrogen and oxygen atoms in total. The van der Waals surface area contributed by atoms with Gasteiger partial charge in [0.15, 0.2) is 0 Å². The van der Waals surface area contributed by atoms with Crippen LogP contribution in [0.2, 0.25) is 0 Å². The summed E-state index contributed by atoms with van der Waals surface area (Å²) in [6.45, 7) is 3.71. The van der Waals surface area contributed by atoms with Crippen molar-refractivity contribution in [3.8, 4) is 5.75 Å². The van der Waals surface area contributed by atoms with Gasteiger partial charge < -0.3 is 14.6 Å². The molecule has 1 aromatic heterocycles. The zero-order valence-electron chi connectivity index (χ0n) is 13.1. The molecule has 1 aromatic carbocycles. The molecule has 116 valence electrons. The van der Waals surface area contributed by atoms with Crippen molar-refractivity contribution >= 4 is 0 Å². The molecule has 0 spiro atoms. The van der Waals surface area contributed by atoms with E-state index in [1.54, 1.807) is 0 Å². The largest absolute Gasteiger partial charge is 0.493 e. The van der Waals surface area contributed by atoms with Crippen LogP contribution in [0.25, 0.3) is 0 Å².